The van der Waals surface area contributed by atoms with Crippen LogP contribution in [0.5, 0.6) is 5.75 Å². The highest BCUT2D eigenvalue weighted by molar-refractivity contribution is 7.89. The Morgan fingerprint density at radius 2 is 1.70 bits per heavy atom. The van der Waals surface area contributed by atoms with Gasteiger partial charge in [0.15, 0.2) is 0 Å². The molecule has 2 N–H and O–H groups in total. The van der Waals surface area contributed by atoms with Gasteiger partial charge in [-0.3, -0.25) is 4.79 Å². The molecule has 0 radical (unpaired) electrons. The van der Waals surface area contributed by atoms with Gasteiger partial charge in [0.05, 0.1) is 12.0 Å². The molecular formula is C16H18N2O4S. The van der Waals surface area contributed by atoms with Gasteiger partial charge in [-0.1, -0.05) is 18.2 Å². The molecule has 0 fully saturated rings. The van der Waals surface area contributed by atoms with Crippen molar-refractivity contribution in [1.82, 2.24) is 4.72 Å². The maximum Gasteiger partial charge on any atom is 0.240 e. The molecule has 0 aliphatic rings. The Kier molecular flexibility index (Phi) is 5.72. The highest BCUT2D eigenvalue weighted by atomic mass is 32.2. The first-order chi connectivity index (χ1) is 11.0. The molecule has 1 amide bonds. The summed E-state index contributed by atoms with van der Waals surface area (Å²) < 4.78 is 31.4. The molecule has 0 saturated carbocycles. The van der Waals surface area contributed by atoms with Gasteiger partial charge in [-0.2, -0.15) is 0 Å². The van der Waals surface area contributed by atoms with Crippen molar-refractivity contribution in [1.29, 1.82) is 0 Å². The van der Waals surface area contributed by atoms with Gasteiger partial charge in [-0.05, 0) is 36.4 Å². The molecule has 0 aromatic heterocycles. The summed E-state index contributed by atoms with van der Waals surface area (Å²) in [6, 6.07) is 14.9. The summed E-state index contributed by atoms with van der Waals surface area (Å²) in [6.45, 7) is 0.0270. The van der Waals surface area contributed by atoms with E-state index in [0.29, 0.717) is 11.4 Å². The van der Waals surface area contributed by atoms with Crippen LogP contribution in [0.3, 0.4) is 0 Å². The zero-order valence-corrected chi connectivity index (χ0v) is 13.5. The number of benzene rings is 2. The quantitative estimate of drug-likeness (QED) is 0.811. The van der Waals surface area contributed by atoms with E-state index in [2.05, 4.69) is 10.0 Å². The fourth-order valence-corrected chi connectivity index (χ4v) is 2.93. The third-order valence-electron chi connectivity index (χ3n) is 3.07. The maximum atomic E-state index is 12.0. The summed E-state index contributed by atoms with van der Waals surface area (Å²) in [5, 5.41) is 2.69. The number of carbonyl (C=O) groups excluding carboxylic acids is 1. The summed E-state index contributed by atoms with van der Waals surface area (Å²) in [6.07, 6.45) is 0.0398. The Labute approximate surface area is 135 Å². The monoisotopic (exact) mass is 334 g/mol. The lowest BCUT2D eigenvalue weighted by Gasteiger charge is -2.08. The third-order valence-corrected chi connectivity index (χ3v) is 4.55. The van der Waals surface area contributed by atoms with Crippen molar-refractivity contribution in [3.63, 3.8) is 0 Å². The second-order valence-corrected chi connectivity index (χ2v) is 6.50. The molecular weight excluding hydrogens is 316 g/mol. The minimum atomic E-state index is -3.58. The third kappa shape index (κ3) is 5.08. The van der Waals surface area contributed by atoms with Gasteiger partial charge in [0, 0.05) is 18.7 Å². The van der Waals surface area contributed by atoms with E-state index in [1.807, 2.05) is 0 Å². The second kappa shape index (κ2) is 7.75. The Morgan fingerprint density at radius 3 is 2.30 bits per heavy atom. The van der Waals surface area contributed by atoms with E-state index in [9.17, 15) is 13.2 Å². The molecule has 6 nitrogen and oxygen atoms in total. The van der Waals surface area contributed by atoms with Gasteiger partial charge < -0.3 is 10.1 Å². The maximum absolute atomic E-state index is 12.0. The van der Waals surface area contributed by atoms with E-state index in [4.69, 9.17) is 4.74 Å². The summed E-state index contributed by atoms with van der Waals surface area (Å²) in [5.74, 6) is 0.421. The second-order valence-electron chi connectivity index (χ2n) is 4.74. The summed E-state index contributed by atoms with van der Waals surface area (Å²) in [5.41, 5.74) is 0.627. The van der Waals surface area contributed by atoms with Crippen molar-refractivity contribution in [2.24, 2.45) is 0 Å². The molecule has 0 bridgehead atoms. The molecule has 7 heteroatoms. The minimum Gasteiger partial charge on any atom is -0.497 e. The molecule has 122 valence electrons. The normalized spacial score (nSPS) is 11.0. The Hall–Kier alpha value is -2.38. The highest BCUT2D eigenvalue weighted by Gasteiger charge is 2.13. The number of amides is 1. The summed E-state index contributed by atoms with van der Waals surface area (Å²) in [7, 11) is -2.02. The van der Waals surface area contributed by atoms with Crippen molar-refractivity contribution in [2.45, 2.75) is 11.3 Å². The molecule has 23 heavy (non-hydrogen) atoms. The first-order valence-electron chi connectivity index (χ1n) is 7.00. The Bertz CT molecular complexity index is 743. The van der Waals surface area contributed by atoms with Crippen LogP contribution in [0.25, 0.3) is 0 Å². The molecule has 0 saturated heterocycles. The van der Waals surface area contributed by atoms with Crippen LogP contribution >= 0.6 is 0 Å². The molecule has 0 aliphatic heterocycles. The van der Waals surface area contributed by atoms with Gasteiger partial charge in [-0.15, -0.1) is 0 Å². The molecule has 2 aromatic carbocycles. The number of nitrogens with one attached hydrogen (secondary N) is 2. The number of rotatable bonds is 7. The number of anilines is 1. The van der Waals surface area contributed by atoms with Crippen LogP contribution in [-0.4, -0.2) is 28.0 Å². The van der Waals surface area contributed by atoms with Crippen LogP contribution in [0.4, 0.5) is 5.69 Å². The average Bonchev–Trinajstić information content (AvgIpc) is 2.56. The molecule has 0 atom stereocenters. The fraction of sp³-hybridized carbons (Fsp3) is 0.188. The van der Waals surface area contributed by atoms with Crippen LogP contribution in [0, 0.1) is 0 Å². The molecule has 0 aliphatic carbocycles. The van der Waals surface area contributed by atoms with Crippen LogP contribution in [0.15, 0.2) is 59.5 Å². The van der Waals surface area contributed by atoms with Crippen LogP contribution < -0.4 is 14.8 Å². The lowest BCUT2D eigenvalue weighted by Crippen LogP contribution is -2.27. The zero-order chi connectivity index (χ0) is 16.7. The van der Waals surface area contributed by atoms with Gasteiger partial charge in [0.1, 0.15) is 5.75 Å². The summed E-state index contributed by atoms with van der Waals surface area (Å²) >= 11 is 0. The van der Waals surface area contributed by atoms with Gasteiger partial charge in [0.25, 0.3) is 0 Å². The van der Waals surface area contributed by atoms with E-state index >= 15 is 0 Å². The van der Waals surface area contributed by atoms with E-state index in [1.54, 1.807) is 49.6 Å². The number of hydrogen-bond donors (Lipinski definition) is 2. The van der Waals surface area contributed by atoms with Crippen molar-refractivity contribution in [3.05, 3.63) is 54.6 Å². The zero-order valence-electron chi connectivity index (χ0n) is 12.7. The largest absolute Gasteiger partial charge is 0.497 e. The van der Waals surface area contributed by atoms with E-state index < -0.39 is 10.0 Å². The molecule has 2 rings (SSSR count). The number of hydrogen-bond acceptors (Lipinski definition) is 4. The summed E-state index contributed by atoms with van der Waals surface area (Å²) in [4.78, 5) is 12.0. The number of sulfonamides is 1. The minimum absolute atomic E-state index is 0.0270. The van der Waals surface area contributed by atoms with Gasteiger partial charge >= 0.3 is 0 Å². The van der Waals surface area contributed by atoms with Gasteiger partial charge in [-0.25, -0.2) is 13.1 Å². The first-order valence-corrected chi connectivity index (χ1v) is 8.48. The molecule has 0 spiro atoms. The molecule has 0 unspecified atom stereocenters. The Balaban J connectivity index is 1.82. The number of ether oxygens (including phenoxy) is 1. The van der Waals surface area contributed by atoms with Crippen molar-refractivity contribution in [2.75, 3.05) is 19.0 Å². The Morgan fingerprint density at radius 1 is 1.04 bits per heavy atom. The predicted molar refractivity (Wildman–Crippen MR) is 87.9 cm³/mol. The number of carbonyl (C=O) groups is 1. The standard InChI is InChI=1S/C16H18N2O4S/c1-22-14-9-7-13(8-10-14)18-16(19)11-12-17-23(20,21)15-5-3-2-4-6-15/h2-10,17H,11-12H2,1H3,(H,18,19). The van der Waals surface area contributed by atoms with E-state index in [1.165, 1.54) is 12.1 Å². The van der Waals surface area contributed by atoms with E-state index in [-0.39, 0.29) is 23.8 Å². The van der Waals surface area contributed by atoms with Crippen LogP contribution in [-0.2, 0) is 14.8 Å². The van der Waals surface area contributed by atoms with Crippen molar-refractivity contribution in [3.8, 4) is 5.75 Å². The van der Waals surface area contributed by atoms with Crippen LogP contribution in [0.1, 0.15) is 6.42 Å². The first kappa shape index (κ1) is 17.0. The lowest BCUT2D eigenvalue weighted by atomic mass is 10.3. The van der Waals surface area contributed by atoms with Crippen molar-refractivity contribution < 1.29 is 17.9 Å². The van der Waals surface area contributed by atoms with Gasteiger partial charge in [0.2, 0.25) is 15.9 Å². The highest BCUT2D eigenvalue weighted by Crippen LogP contribution is 2.15. The average molecular weight is 334 g/mol. The van der Waals surface area contributed by atoms with Crippen molar-refractivity contribution >= 4 is 21.6 Å². The molecule has 0 heterocycles. The topological polar surface area (TPSA) is 84.5 Å². The number of methoxy groups -OCH3 is 1. The molecule has 2 aromatic rings. The smallest absolute Gasteiger partial charge is 0.240 e. The lowest BCUT2D eigenvalue weighted by molar-refractivity contribution is -0.116. The van der Waals surface area contributed by atoms with Crippen LogP contribution in [0.2, 0.25) is 0 Å². The fourth-order valence-electron chi connectivity index (χ4n) is 1.88. The predicted octanol–water partition coefficient (Wildman–Crippen LogP) is 2.00. The van der Waals surface area contributed by atoms with E-state index in [0.717, 1.165) is 0 Å². The SMILES string of the molecule is COc1ccc(NC(=O)CCNS(=O)(=O)c2ccccc2)cc1.